The van der Waals surface area contributed by atoms with Crippen LogP contribution < -0.4 is 0 Å². The molecule has 2 heteroatoms. The number of hydrogen-bond donors (Lipinski definition) is 0. The summed E-state index contributed by atoms with van der Waals surface area (Å²) in [6, 6.07) is 35.1. The molecule has 0 saturated carbocycles. The predicted octanol–water partition coefficient (Wildman–Crippen LogP) is 7.69. The van der Waals surface area contributed by atoms with Crippen molar-refractivity contribution in [2.24, 2.45) is 0 Å². The van der Waals surface area contributed by atoms with Crippen LogP contribution in [0.2, 0.25) is 0 Å². The van der Waals surface area contributed by atoms with E-state index in [0.29, 0.717) is 0 Å². The second-order valence-corrected chi connectivity index (χ2v) is 8.39. The Kier molecular flexibility index (Phi) is 3.50. The fourth-order valence-corrected chi connectivity index (χ4v) is 4.85. The number of fused-ring (bicyclic) bond motifs is 8. The molecule has 0 bridgehead atoms. The van der Waals surface area contributed by atoms with Crippen LogP contribution in [0.3, 0.4) is 0 Å². The third-order valence-electron chi connectivity index (χ3n) is 5.63. The van der Waals surface area contributed by atoms with Gasteiger partial charge >= 0.3 is 0 Å². The van der Waals surface area contributed by atoms with Crippen LogP contribution in [0.4, 0.5) is 0 Å². The Labute approximate surface area is 176 Å². The van der Waals surface area contributed by atoms with E-state index in [-0.39, 0.29) is 0 Å². The molecule has 0 aliphatic heterocycles. The van der Waals surface area contributed by atoms with Crippen LogP contribution >= 0.6 is 22.6 Å². The van der Waals surface area contributed by atoms with Crippen molar-refractivity contribution in [1.29, 1.82) is 0 Å². The third kappa shape index (κ3) is 2.18. The van der Waals surface area contributed by atoms with E-state index >= 15 is 0 Å². The van der Waals surface area contributed by atoms with Crippen molar-refractivity contribution in [1.82, 2.24) is 4.57 Å². The van der Waals surface area contributed by atoms with Gasteiger partial charge in [0.15, 0.2) is 0 Å². The SMILES string of the molecule is Ic1ccc(-n2c3ccccc3c3c4ccccc4c4ccccc4c32)cc1. The molecule has 6 aromatic rings. The van der Waals surface area contributed by atoms with E-state index in [9.17, 15) is 0 Å². The second-order valence-electron chi connectivity index (χ2n) is 7.14. The molecular weight excluding hydrogens is 453 g/mol. The van der Waals surface area contributed by atoms with Crippen molar-refractivity contribution in [2.75, 3.05) is 0 Å². The summed E-state index contributed by atoms with van der Waals surface area (Å²) in [6.07, 6.45) is 0. The summed E-state index contributed by atoms with van der Waals surface area (Å²) in [5.74, 6) is 0. The molecule has 0 saturated heterocycles. The van der Waals surface area contributed by atoms with E-state index in [1.807, 2.05) is 0 Å². The fraction of sp³-hybridized carbons (Fsp3) is 0. The molecule has 28 heavy (non-hydrogen) atoms. The molecule has 0 amide bonds. The Morgan fingerprint density at radius 2 is 1.04 bits per heavy atom. The maximum atomic E-state index is 2.43. The number of para-hydroxylation sites is 1. The summed E-state index contributed by atoms with van der Waals surface area (Å²) in [6.45, 7) is 0. The molecule has 0 fully saturated rings. The van der Waals surface area contributed by atoms with Crippen LogP contribution in [0.1, 0.15) is 0 Å². The van der Waals surface area contributed by atoms with Crippen LogP contribution in [-0.2, 0) is 0 Å². The van der Waals surface area contributed by atoms with Crippen LogP contribution in [0.15, 0.2) is 97.1 Å². The van der Waals surface area contributed by atoms with Crippen LogP contribution in [0.25, 0.3) is 49.0 Å². The molecule has 0 unspecified atom stereocenters. The summed E-state index contributed by atoms with van der Waals surface area (Å²) in [5, 5.41) is 7.88. The quantitative estimate of drug-likeness (QED) is 0.172. The van der Waals surface area contributed by atoms with Crippen molar-refractivity contribution in [3.63, 3.8) is 0 Å². The molecular formula is C26H16IN. The first-order valence-corrected chi connectivity index (χ1v) is 10.5. The molecule has 132 valence electrons. The Hall–Kier alpha value is -2.85. The first-order valence-electron chi connectivity index (χ1n) is 9.41. The molecule has 0 aliphatic rings. The lowest BCUT2D eigenvalue weighted by atomic mass is 9.97. The van der Waals surface area contributed by atoms with Crippen molar-refractivity contribution >= 4 is 65.9 Å². The number of hydrogen-bond acceptors (Lipinski definition) is 0. The highest BCUT2D eigenvalue weighted by Gasteiger charge is 2.18. The van der Waals surface area contributed by atoms with Gasteiger partial charge in [0.1, 0.15) is 0 Å². The summed E-state index contributed by atoms with van der Waals surface area (Å²) < 4.78 is 3.67. The normalized spacial score (nSPS) is 11.8. The van der Waals surface area contributed by atoms with E-state index in [4.69, 9.17) is 0 Å². The van der Waals surface area contributed by atoms with Gasteiger partial charge in [0.25, 0.3) is 0 Å². The monoisotopic (exact) mass is 469 g/mol. The maximum absolute atomic E-state index is 2.43. The smallest absolute Gasteiger partial charge is 0.0625 e. The van der Waals surface area contributed by atoms with Gasteiger partial charge < -0.3 is 4.57 Å². The number of nitrogens with zero attached hydrogens (tertiary/aromatic N) is 1. The van der Waals surface area contributed by atoms with Crippen molar-refractivity contribution < 1.29 is 0 Å². The van der Waals surface area contributed by atoms with Gasteiger partial charge in [0.2, 0.25) is 0 Å². The zero-order valence-corrected chi connectivity index (χ0v) is 17.2. The molecule has 0 aliphatic carbocycles. The molecule has 0 radical (unpaired) electrons. The van der Waals surface area contributed by atoms with Gasteiger partial charge in [0, 0.05) is 25.4 Å². The molecule has 1 nitrogen and oxygen atoms in total. The van der Waals surface area contributed by atoms with E-state index in [2.05, 4.69) is 124 Å². The second kappa shape index (κ2) is 6.08. The Balaban J connectivity index is 1.98. The van der Waals surface area contributed by atoms with Gasteiger partial charge in [-0.3, -0.25) is 0 Å². The van der Waals surface area contributed by atoms with E-state index in [1.165, 1.54) is 52.6 Å². The largest absolute Gasteiger partial charge is 0.309 e. The van der Waals surface area contributed by atoms with Gasteiger partial charge in [-0.2, -0.15) is 0 Å². The Morgan fingerprint density at radius 3 is 1.75 bits per heavy atom. The predicted molar refractivity (Wildman–Crippen MR) is 129 cm³/mol. The van der Waals surface area contributed by atoms with Crippen LogP contribution in [0.5, 0.6) is 0 Å². The first-order chi connectivity index (χ1) is 13.8. The minimum absolute atomic E-state index is 1.20. The number of rotatable bonds is 1. The van der Waals surface area contributed by atoms with Crippen molar-refractivity contribution in [2.45, 2.75) is 0 Å². The van der Waals surface area contributed by atoms with Crippen molar-refractivity contribution in [3.05, 3.63) is 101 Å². The zero-order chi connectivity index (χ0) is 18.7. The molecule has 0 atom stereocenters. The minimum atomic E-state index is 1.20. The van der Waals surface area contributed by atoms with Crippen LogP contribution in [-0.4, -0.2) is 4.57 Å². The van der Waals surface area contributed by atoms with Gasteiger partial charge in [-0.1, -0.05) is 66.7 Å². The zero-order valence-electron chi connectivity index (χ0n) is 15.1. The summed E-state index contributed by atoms with van der Waals surface area (Å²) in [7, 11) is 0. The number of halogens is 1. The Morgan fingerprint density at radius 1 is 0.500 bits per heavy atom. The average molecular weight is 469 g/mol. The average Bonchev–Trinajstić information content (AvgIpc) is 3.10. The van der Waals surface area contributed by atoms with E-state index in [1.54, 1.807) is 0 Å². The van der Waals surface area contributed by atoms with E-state index in [0.717, 1.165) is 0 Å². The topological polar surface area (TPSA) is 4.93 Å². The standard InChI is InChI=1S/C26H16IN/c27-17-13-15-18(16-14-17)28-24-12-6-5-11-23(24)25-21-9-3-1-7-19(21)20-8-2-4-10-22(20)26(25)28/h1-16H. The van der Waals surface area contributed by atoms with Gasteiger partial charge in [-0.05, 0) is 69.1 Å². The summed E-state index contributed by atoms with van der Waals surface area (Å²) in [5.41, 5.74) is 3.74. The third-order valence-corrected chi connectivity index (χ3v) is 6.35. The summed E-state index contributed by atoms with van der Waals surface area (Å²) in [4.78, 5) is 0. The highest BCUT2D eigenvalue weighted by molar-refractivity contribution is 14.1. The molecule has 0 N–H and O–H groups in total. The fourth-order valence-electron chi connectivity index (χ4n) is 4.49. The van der Waals surface area contributed by atoms with Gasteiger partial charge in [-0.25, -0.2) is 0 Å². The first kappa shape index (κ1) is 16.1. The minimum Gasteiger partial charge on any atom is -0.309 e. The molecule has 1 heterocycles. The van der Waals surface area contributed by atoms with Gasteiger partial charge in [-0.15, -0.1) is 0 Å². The molecule has 5 aromatic carbocycles. The number of aromatic nitrogens is 1. The molecule has 0 spiro atoms. The molecule has 6 rings (SSSR count). The highest BCUT2D eigenvalue weighted by Crippen LogP contribution is 2.42. The van der Waals surface area contributed by atoms with Crippen LogP contribution in [0, 0.1) is 3.57 Å². The van der Waals surface area contributed by atoms with Crippen molar-refractivity contribution in [3.8, 4) is 5.69 Å². The van der Waals surface area contributed by atoms with E-state index < -0.39 is 0 Å². The summed E-state index contributed by atoms with van der Waals surface area (Å²) >= 11 is 2.37. The highest BCUT2D eigenvalue weighted by atomic mass is 127. The Bertz CT molecular complexity index is 1510. The lowest BCUT2D eigenvalue weighted by Crippen LogP contribution is -1.94. The maximum Gasteiger partial charge on any atom is 0.0625 e. The number of benzene rings is 5. The molecule has 1 aromatic heterocycles. The lowest BCUT2D eigenvalue weighted by molar-refractivity contribution is 1.18. The lowest BCUT2D eigenvalue weighted by Gasteiger charge is -2.12. The van der Waals surface area contributed by atoms with Gasteiger partial charge in [0.05, 0.1) is 11.0 Å².